The van der Waals surface area contributed by atoms with Crippen LogP contribution in [-0.2, 0) is 16.6 Å². The predicted molar refractivity (Wildman–Crippen MR) is 90.4 cm³/mol. The van der Waals surface area contributed by atoms with Crippen molar-refractivity contribution < 1.29 is 8.42 Å². The van der Waals surface area contributed by atoms with E-state index in [1.54, 1.807) is 0 Å². The lowest BCUT2D eigenvalue weighted by Crippen LogP contribution is -2.28. The molecule has 0 saturated carbocycles. The zero-order chi connectivity index (χ0) is 15.6. The molecule has 10 heteroatoms. The molecule has 114 valence electrons. The van der Waals surface area contributed by atoms with Gasteiger partial charge in [0, 0.05) is 24.3 Å². The summed E-state index contributed by atoms with van der Waals surface area (Å²) in [5.41, 5.74) is 3.21. The molecule has 0 aliphatic heterocycles. The van der Waals surface area contributed by atoms with Gasteiger partial charge in [-0.15, -0.1) is 11.3 Å². The number of thiophene rings is 1. The first-order valence-corrected chi connectivity index (χ1v) is 9.56. The fourth-order valence-corrected chi connectivity index (χ4v) is 4.63. The van der Waals surface area contributed by atoms with E-state index in [1.165, 1.54) is 35.0 Å². The molecule has 0 bridgehead atoms. The first kappa shape index (κ1) is 16.8. The molecular weight excluding hydrogens is 444 g/mol. The molecule has 0 radical (unpaired) electrons. The van der Waals surface area contributed by atoms with Gasteiger partial charge in [-0.05, 0) is 54.9 Å². The van der Waals surface area contributed by atoms with Gasteiger partial charge in [-0.1, -0.05) is 0 Å². The Morgan fingerprint density at radius 3 is 2.71 bits per heavy atom. The first-order chi connectivity index (χ1) is 9.84. The summed E-state index contributed by atoms with van der Waals surface area (Å²) in [5, 5.41) is 1.90. The number of nitrogens with zero attached hydrogens (tertiary/aromatic N) is 2. The fraction of sp³-hybridized carbons (Fsp3) is 0.182. The Bertz CT molecular complexity index is 748. The maximum atomic E-state index is 12.6. The van der Waals surface area contributed by atoms with Crippen LogP contribution in [0.5, 0.6) is 0 Å². The number of hydrogen-bond donors (Lipinski definition) is 2. The summed E-state index contributed by atoms with van der Waals surface area (Å²) in [5.74, 6) is 5.45. The predicted octanol–water partition coefficient (Wildman–Crippen LogP) is 2.77. The highest BCUT2D eigenvalue weighted by Crippen LogP contribution is 2.27. The summed E-state index contributed by atoms with van der Waals surface area (Å²) in [4.78, 5) is 3.99. The number of anilines is 1. The van der Waals surface area contributed by atoms with Gasteiger partial charge in [0.15, 0.2) is 5.82 Å². The van der Waals surface area contributed by atoms with Crippen molar-refractivity contribution in [3.8, 4) is 0 Å². The van der Waals surface area contributed by atoms with Crippen LogP contribution < -0.4 is 11.3 Å². The largest absolute Gasteiger partial charge is 0.307 e. The van der Waals surface area contributed by atoms with Crippen LogP contribution in [0, 0.1) is 0 Å². The molecule has 0 aliphatic carbocycles. The number of pyridine rings is 1. The highest BCUT2D eigenvalue weighted by molar-refractivity contribution is 9.11. The van der Waals surface area contributed by atoms with E-state index in [1.807, 2.05) is 11.4 Å². The lowest BCUT2D eigenvalue weighted by atomic mass is 10.3. The molecule has 0 spiro atoms. The average molecular weight is 456 g/mol. The topological polar surface area (TPSA) is 88.3 Å². The van der Waals surface area contributed by atoms with Gasteiger partial charge in [0.2, 0.25) is 10.0 Å². The number of hydrogen-bond acceptors (Lipinski definition) is 6. The Hall–Kier alpha value is -0.520. The van der Waals surface area contributed by atoms with Gasteiger partial charge in [-0.2, -0.15) is 4.31 Å². The normalized spacial score (nSPS) is 11.9. The third-order valence-electron chi connectivity index (χ3n) is 2.67. The lowest BCUT2D eigenvalue weighted by molar-refractivity contribution is 0.467. The molecule has 2 aromatic heterocycles. The number of nitrogens with two attached hydrogens (primary N) is 1. The highest BCUT2D eigenvalue weighted by Gasteiger charge is 2.25. The van der Waals surface area contributed by atoms with E-state index in [0.717, 1.165) is 9.35 Å². The number of nitrogens with one attached hydrogen (secondary N) is 1. The van der Waals surface area contributed by atoms with E-state index in [-0.39, 0.29) is 17.3 Å². The van der Waals surface area contributed by atoms with Gasteiger partial charge in [-0.3, -0.25) is 0 Å². The van der Waals surface area contributed by atoms with E-state index in [9.17, 15) is 8.42 Å². The molecule has 2 aromatic rings. The van der Waals surface area contributed by atoms with E-state index in [0.29, 0.717) is 4.47 Å². The van der Waals surface area contributed by atoms with Crippen LogP contribution in [-0.4, -0.2) is 24.8 Å². The summed E-state index contributed by atoms with van der Waals surface area (Å²) in [6.45, 7) is 0.265. The Kier molecular flexibility index (Phi) is 5.38. The molecule has 0 fully saturated rings. The molecule has 0 amide bonds. The van der Waals surface area contributed by atoms with Gasteiger partial charge in [0.25, 0.3) is 0 Å². The molecule has 6 nitrogen and oxygen atoms in total. The minimum absolute atomic E-state index is 0.0242. The third kappa shape index (κ3) is 3.82. The SMILES string of the molecule is CN(Cc1csc(Br)c1)S(=O)(=O)c1cc(Br)cnc1NN. The second-order valence-electron chi connectivity index (χ2n) is 4.16. The first-order valence-electron chi connectivity index (χ1n) is 5.66. The third-order valence-corrected chi connectivity index (χ3v) is 6.47. The van der Waals surface area contributed by atoms with Crippen LogP contribution in [0.15, 0.2) is 36.9 Å². The maximum Gasteiger partial charge on any atom is 0.246 e. The van der Waals surface area contributed by atoms with Crippen LogP contribution >= 0.6 is 43.2 Å². The Labute approximate surface area is 143 Å². The fourth-order valence-electron chi connectivity index (χ4n) is 1.66. The summed E-state index contributed by atoms with van der Waals surface area (Å²) in [6.07, 6.45) is 1.48. The van der Waals surface area contributed by atoms with Crippen molar-refractivity contribution in [1.29, 1.82) is 0 Å². The van der Waals surface area contributed by atoms with E-state index >= 15 is 0 Å². The van der Waals surface area contributed by atoms with Gasteiger partial charge in [0.1, 0.15) is 4.90 Å². The molecule has 2 rings (SSSR count). The van der Waals surface area contributed by atoms with Crippen molar-refractivity contribution in [2.24, 2.45) is 5.84 Å². The van der Waals surface area contributed by atoms with Gasteiger partial charge < -0.3 is 5.43 Å². The monoisotopic (exact) mass is 454 g/mol. The van der Waals surface area contributed by atoms with E-state index < -0.39 is 10.0 Å². The van der Waals surface area contributed by atoms with Crippen molar-refractivity contribution >= 4 is 59.0 Å². The van der Waals surface area contributed by atoms with E-state index in [2.05, 4.69) is 42.3 Å². The molecule has 21 heavy (non-hydrogen) atoms. The van der Waals surface area contributed by atoms with Crippen molar-refractivity contribution in [2.45, 2.75) is 11.4 Å². The Morgan fingerprint density at radius 2 is 2.14 bits per heavy atom. The van der Waals surface area contributed by atoms with Crippen LogP contribution in [0.25, 0.3) is 0 Å². The van der Waals surface area contributed by atoms with Crippen molar-refractivity contribution in [3.63, 3.8) is 0 Å². The van der Waals surface area contributed by atoms with Crippen LogP contribution in [0.2, 0.25) is 0 Å². The number of sulfonamides is 1. The maximum absolute atomic E-state index is 12.6. The number of nitrogen functional groups attached to an aromatic ring is 1. The second-order valence-corrected chi connectivity index (χ2v) is 9.38. The quantitative estimate of drug-likeness (QED) is 0.534. The average Bonchev–Trinajstić information content (AvgIpc) is 2.84. The molecular formula is C11H12Br2N4O2S2. The van der Waals surface area contributed by atoms with Gasteiger partial charge in [-0.25, -0.2) is 19.2 Å². The van der Waals surface area contributed by atoms with Crippen LogP contribution in [0.4, 0.5) is 5.82 Å². The van der Waals surface area contributed by atoms with Crippen LogP contribution in [0.1, 0.15) is 5.56 Å². The molecule has 0 saturated heterocycles. The minimum atomic E-state index is -3.71. The summed E-state index contributed by atoms with van der Waals surface area (Å²) in [7, 11) is -2.19. The standard InChI is InChI=1S/C11H12Br2N4O2S2/c1-17(5-7-2-10(13)20-6-7)21(18,19)9-3-8(12)4-15-11(9)16-14/h2-4,6H,5,14H2,1H3,(H,15,16). The molecule has 0 aromatic carbocycles. The Morgan fingerprint density at radius 1 is 1.43 bits per heavy atom. The number of aromatic nitrogens is 1. The Balaban J connectivity index is 2.35. The zero-order valence-corrected chi connectivity index (χ0v) is 15.7. The second kappa shape index (κ2) is 6.71. The van der Waals surface area contributed by atoms with E-state index in [4.69, 9.17) is 5.84 Å². The number of rotatable bonds is 5. The highest BCUT2D eigenvalue weighted by atomic mass is 79.9. The molecule has 0 atom stereocenters. The van der Waals surface area contributed by atoms with Crippen LogP contribution in [0.3, 0.4) is 0 Å². The molecule has 0 unspecified atom stereocenters. The molecule has 0 aliphatic rings. The summed E-state index contributed by atoms with van der Waals surface area (Å²) in [6, 6.07) is 3.36. The molecule has 3 N–H and O–H groups in total. The summed E-state index contributed by atoms with van der Waals surface area (Å²) < 4.78 is 28.0. The zero-order valence-electron chi connectivity index (χ0n) is 10.9. The number of hydrazine groups is 1. The lowest BCUT2D eigenvalue weighted by Gasteiger charge is -2.18. The van der Waals surface area contributed by atoms with Gasteiger partial charge >= 0.3 is 0 Å². The van der Waals surface area contributed by atoms with Gasteiger partial charge in [0.05, 0.1) is 3.79 Å². The van der Waals surface area contributed by atoms with Crippen molar-refractivity contribution in [1.82, 2.24) is 9.29 Å². The smallest absolute Gasteiger partial charge is 0.246 e. The summed E-state index contributed by atoms with van der Waals surface area (Å²) >= 11 is 8.08. The van der Waals surface area contributed by atoms with Crippen molar-refractivity contribution in [3.05, 3.63) is 37.5 Å². The minimum Gasteiger partial charge on any atom is -0.307 e. The number of halogens is 2. The molecule has 2 heterocycles. The van der Waals surface area contributed by atoms with Crippen molar-refractivity contribution in [2.75, 3.05) is 12.5 Å².